The van der Waals surface area contributed by atoms with Crippen molar-refractivity contribution in [3.63, 3.8) is 0 Å². The molecule has 3 aromatic carbocycles. The van der Waals surface area contributed by atoms with Crippen LogP contribution in [0.25, 0.3) is 22.2 Å². The maximum Gasteiger partial charge on any atom is 0.357 e. The molecule has 0 amide bonds. The fourth-order valence-corrected chi connectivity index (χ4v) is 6.52. The molecule has 3 heterocycles. The number of rotatable bonds is 8. The first kappa shape index (κ1) is 27.1. The van der Waals surface area contributed by atoms with Crippen LogP contribution in [0.3, 0.4) is 0 Å². The topological polar surface area (TPSA) is 93.6 Å². The van der Waals surface area contributed by atoms with E-state index in [2.05, 4.69) is 15.2 Å². The average Bonchev–Trinajstić information content (AvgIpc) is 3.61. The van der Waals surface area contributed by atoms with E-state index in [9.17, 15) is 9.90 Å². The zero-order chi connectivity index (χ0) is 29.1. The van der Waals surface area contributed by atoms with Crippen molar-refractivity contribution in [2.75, 3.05) is 18.0 Å². The number of aromatic nitrogens is 3. The highest BCUT2D eigenvalue weighted by Crippen LogP contribution is 2.46. The van der Waals surface area contributed by atoms with Gasteiger partial charge in [-0.3, -0.25) is 4.68 Å². The minimum Gasteiger partial charge on any atom is -0.489 e. The van der Waals surface area contributed by atoms with Gasteiger partial charge in [-0.2, -0.15) is 5.10 Å². The first-order valence-corrected chi connectivity index (χ1v) is 14.7. The average molecular weight is 624 g/mol. The smallest absolute Gasteiger partial charge is 0.357 e. The molecule has 0 atom stereocenters. The second-order valence-corrected chi connectivity index (χ2v) is 12.0. The highest BCUT2D eigenvalue weighted by atomic mass is 35.5. The number of fused-ring (bicyclic) bond motifs is 1. The molecule has 8 nitrogen and oxygen atoms in total. The predicted molar refractivity (Wildman–Crippen MR) is 162 cm³/mol. The van der Waals surface area contributed by atoms with Crippen molar-refractivity contribution in [2.45, 2.75) is 31.3 Å². The molecule has 2 aromatic heterocycles. The van der Waals surface area contributed by atoms with Crippen LogP contribution >= 0.6 is 34.8 Å². The second-order valence-electron chi connectivity index (χ2n) is 10.8. The van der Waals surface area contributed by atoms with Gasteiger partial charge in [0, 0.05) is 53.6 Å². The standard InChI is InChI=1S/C31H25Cl3N4O4/c1-37-26-11-18(7-9-21(26)29(35-37)31(39)40)38-13-17(14-38)20-10-8-19(12-25(20)34)41-15-22-28(36-42-30(22)16-5-6-16)27-23(32)3-2-4-24(27)33/h2-4,7-12,16-17H,5-6,13-15H2,1H3,(H,39,40). The molecule has 7 rings (SSSR count). The number of benzene rings is 3. The number of halogens is 3. The molecular weight excluding hydrogens is 599 g/mol. The fourth-order valence-electron chi connectivity index (χ4n) is 5.62. The van der Waals surface area contributed by atoms with Gasteiger partial charge in [-0.05, 0) is 60.9 Å². The van der Waals surface area contributed by atoms with Crippen molar-refractivity contribution in [1.82, 2.24) is 14.9 Å². The van der Waals surface area contributed by atoms with Gasteiger partial charge in [-0.15, -0.1) is 0 Å². The van der Waals surface area contributed by atoms with Crippen molar-refractivity contribution >= 4 is 57.4 Å². The third-order valence-corrected chi connectivity index (χ3v) is 9.00. The monoisotopic (exact) mass is 622 g/mol. The van der Waals surface area contributed by atoms with Crippen LogP contribution in [0.5, 0.6) is 5.75 Å². The van der Waals surface area contributed by atoms with Crippen LogP contribution in [0.4, 0.5) is 5.69 Å². The van der Waals surface area contributed by atoms with Gasteiger partial charge in [0.2, 0.25) is 0 Å². The molecule has 0 spiro atoms. The molecule has 42 heavy (non-hydrogen) atoms. The summed E-state index contributed by atoms with van der Waals surface area (Å²) in [5, 5.41) is 20.2. The lowest BCUT2D eigenvalue weighted by Gasteiger charge is -2.41. The number of ether oxygens (including phenoxy) is 1. The van der Waals surface area contributed by atoms with Crippen molar-refractivity contribution in [1.29, 1.82) is 0 Å². The number of aryl methyl sites for hydroxylation is 1. The Labute approximate surface area is 256 Å². The van der Waals surface area contributed by atoms with Crippen LogP contribution in [0.1, 0.15) is 52.1 Å². The number of nitrogens with zero attached hydrogens (tertiary/aromatic N) is 4. The number of carbonyl (C=O) groups is 1. The van der Waals surface area contributed by atoms with Gasteiger partial charge in [0.15, 0.2) is 5.69 Å². The van der Waals surface area contributed by atoms with Crippen LogP contribution in [0, 0.1) is 0 Å². The lowest BCUT2D eigenvalue weighted by atomic mass is 9.90. The van der Waals surface area contributed by atoms with Crippen molar-refractivity contribution in [3.8, 4) is 17.0 Å². The summed E-state index contributed by atoms with van der Waals surface area (Å²) in [7, 11) is 1.75. The van der Waals surface area contributed by atoms with E-state index in [1.165, 1.54) is 0 Å². The highest BCUT2D eigenvalue weighted by molar-refractivity contribution is 6.39. The van der Waals surface area contributed by atoms with Gasteiger partial charge in [0.05, 0.1) is 21.1 Å². The minimum atomic E-state index is -1.03. The zero-order valence-electron chi connectivity index (χ0n) is 22.5. The molecule has 2 aliphatic rings. The van der Waals surface area contributed by atoms with Gasteiger partial charge in [0.25, 0.3) is 0 Å². The lowest BCUT2D eigenvalue weighted by Crippen LogP contribution is -2.45. The molecule has 1 aliphatic heterocycles. The van der Waals surface area contributed by atoms with Crippen LogP contribution in [0.15, 0.2) is 59.1 Å². The molecule has 0 radical (unpaired) electrons. The van der Waals surface area contributed by atoms with E-state index in [1.54, 1.807) is 29.9 Å². The normalized spacial score (nSPS) is 15.3. The minimum absolute atomic E-state index is 0.0614. The van der Waals surface area contributed by atoms with Crippen LogP contribution in [-0.4, -0.2) is 39.1 Å². The summed E-state index contributed by atoms with van der Waals surface area (Å²) >= 11 is 19.7. The molecule has 1 N–H and O–H groups in total. The van der Waals surface area contributed by atoms with Gasteiger partial charge in [-0.1, -0.05) is 52.1 Å². The summed E-state index contributed by atoms with van der Waals surface area (Å²) in [5.74, 6) is 1.03. The lowest BCUT2D eigenvalue weighted by molar-refractivity contribution is 0.0691. The number of anilines is 1. The fraction of sp³-hybridized carbons (Fsp3) is 0.258. The first-order chi connectivity index (χ1) is 20.3. The Hall–Kier alpha value is -3.72. The summed E-state index contributed by atoms with van der Waals surface area (Å²) in [6.07, 6.45) is 2.10. The summed E-state index contributed by atoms with van der Waals surface area (Å²) < 4.78 is 13.6. The Morgan fingerprint density at radius 2 is 1.79 bits per heavy atom. The van der Waals surface area contributed by atoms with Gasteiger partial charge < -0.3 is 19.3 Å². The molecule has 5 aromatic rings. The number of carboxylic acid groups (broad SMARTS) is 1. The first-order valence-electron chi connectivity index (χ1n) is 13.6. The van der Waals surface area contributed by atoms with Gasteiger partial charge >= 0.3 is 5.97 Å². The number of hydrogen-bond acceptors (Lipinski definition) is 6. The Kier molecular flexibility index (Phi) is 6.80. The third kappa shape index (κ3) is 4.77. The molecule has 1 aliphatic carbocycles. The van der Waals surface area contributed by atoms with E-state index >= 15 is 0 Å². The Bertz CT molecular complexity index is 1840. The van der Waals surface area contributed by atoms with E-state index in [-0.39, 0.29) is 18.2 Å². The summed E-state index contributed by atoms with van der Waals surface area (Å²) in [6.45, 7) is 1.84. The van der Waals surface area contributed by atoms with Crippen molar-refractivity contribution in [3.05, 3.63) is 92.2 Å². The molecule has 1 saturated heterocycles. The van der Waals surface area contributed by atoms with Crippen LogP contribution in [-0.2, 0) is 13.7 Å². The molecule has 11 heteroatoms. The Morgan fingerprint density at radius 1 is 1.02 bits per heavy atom. The predicted octanol–water partition coefficient (Wildman–Crippen LogP) is 7.95. The largest absolute Gasteiger partial charge is 0.489 e. The quantitative estimate of drug-likeness (QED) is 0.187. The summed E-state index contributed by atoms with van der Waals surface area (Å²) in [6, 6.07) is 16.9. The summed E-state index contributed by atoms with van der Waals surface area (Å²) in [5.41, 5.74) is 5.02. The van der Waals surface area contributed by atoms with E-state index in [4.69, 9.17) is 44.1 Å². The van der Waals surface area contributed by atoms with Crippen LogP contribution in [0.2, 0.25) is 15.1 Å². The van der Waals surface area contributed by atoms with E-state index in [0.717, 1.165) is 54.0 Å². The second kappa shape index (κ2) is 10.5. The van der Waals surface area contributed by atoms with Crippen LogP contribution < -0.4 is 9.64 Å². The third-order valence-electron chi connectivity index (χ3n) is 8.05. The maximum absolute atomic E-state index is 11.5. The van der Waals surface area contributed by atoms with E-state index in [0.29, 0.717) is 43.4 Å². The Balaban J connectivity index is 1.06. The zero-order valence-corrected chi connectivity index (χ0v) is 24.7. The summed E-state index contributed by atoms with van der Waals surface area (Å²) in [4.78, 5) is 13.7. The number of carboxylic acids is 1. The SMILES string of the molecule is Cn1nc(C(=O)O)c2ccc(N3CC(c4ccc(OCc5c(-c6c(Cl)cccc6Cl)noc5C5CC5)cc4Cl)C3)cc21. The highest BCUT2D eigenvalue weighted by Gasteiger charge is 2.34. The van der Waals surface area contributed by atoms with Crippen molar-refractivity contribution < 1.29 is 19.2 Å². The molecule has 214 valence electrons. The molecular formula is C31H25Cl3N4O4. The number of aromatic carboxylic acids is 1. The Morgan fingerprint density at radius 3 is 2.48 bits per heavy atom. The van der Waals surface area contributed by atoms with E-state index < -0.39 is 5.97 Å². The van der Waals surface area contributed by atoms with E-state index in [1.807, 2.05) is 36.4 Å². The number of hydrogen-bond donors (Lipinski definition) is 1. The van der Waals surface area contributed by atoms with Gasteiger partial charge in [-0.25, -0.2) is 4.79 Å². The van der Waals surface area contributed by atoms with Crippen molar-refractivity contribution in [2.24, 2.45) is 7.05 Å². The van der Waals surface area contributed by atoms with Gasteiger partial charge in [0.1, 0.15) is 23.8 Å². The molecule has 0 bridgehead atoms. The molecule has 2 fully saturated rings. The molecule has 1 saturated carbocycles. The maximum atomic E-state index is 11.5. The molecule has 0 unspecified atom stereocenters.